The summed E-state index contributed by atoms with van der Waals surface area (Å²) in [6, 6.07) is 7.32. The van der Waals surface area contributed by atoms with Crippen LogP contribution in [0.3, 0.4) is 0 Å². The van der Waals surface area contributed by atoms with Gasteiger partial charge in [-0.1, -0.05) is 6.07 Å². The molecule has 0 radical (unpaired) electrons. The van der Waals surface area contributed by atoms with E-state index < -0.39 is 0 Å². The molecular weight excluding hydrogens is 211 g/mol. The van der Waals surface area contributed by atoms with Gasteiger partial charge in [0, 0.05) is 18.3 Å². The smallest absolute Gasteiger partial charge is 0.240 e. The summed E-state index contributed by atoms with van der Waals surface area (Å²) in [6.45, 7) is 0. The van der Waals surface area contributed by atoms with Crippen LogP contribution >= 0.6 is 0 Å². The molecule has 0 bridgehead atoms. The highest BCUT2D eigenvalue weighted by atomic mass is 19.1. The maximum atomic E-state index is 12.9. The lowest BCUT2D eigenvalue weighted by molar-refractivity contribution is 0.457. The van der Waals surface area contributed by atoms with Crippen molar-refractivity contribution in [2.24, 2.45) is 5.84 Å². The molecule has 0 saturated heterocycles. The van der Waals surface area contributed by atoms with E-state index in [2.05, 4.69) is 15.4 Å². The Labute approximate surface area is 91.1 Å². The molecule has 16 heavy (non-hydrogen) atoms. The van der Waals surface area contributed by atoms with Gasteiger partial charge in [0.25, 0.3) is 0 Å². The normalized spacial score (nSPS) is 9.88. The van der Waals surface area contributed by atoms with E-state index in [9.17, 15) is 4.39 Å². The van der Waals surface area contributed by atoms with E-state index in [1.807, 2.05) is 0 Å². The van der Waals surface area contributed by atoms with E-state index in [1.165, 1.54) is 18.3 Å². The molecule has 0 fully saturated rings. The zero-order valence-electron chi connectivity index (χ0n) is 8.22. The molecule has 0 aliphatic rings. The molecule has 2 aromatic rings. The standard InChI is InChI=1S/C10H9FN4O/c11-7-2-1-3-8(6-7)16-9-4-5-13-10(14-9)15-12/h1-6H,12H2,(H,13,14,15). The largest absolute Gasteiger partial charge is 0.439 e. The number of aromatic nitrogens is 2. The van der Waals surface area contributed by atoms with E-state index in [1.54, 1.807) is 18.2 Å². The van der Waals surface area contributed by atoms with Crippen LogP contribution in [-0.2, 0) is 0 Å². The van der Waals surface area contributed by atoms with Crippen molar-refractivity contribution in [1.82, 2.24) is 9.97 Å². The number of hydrogen-bond donors (Lipinski definition) is 2. The van der Waals surface area contributed by atoms with Crippen molar-refractivity contribution >= 4 is 5.95 Å². The first-order valence-corrected chi connectivity index (χ1v) is 4.51. The van der Waals surface area contributed by atoms with Crippen LogP contribution in [0.5, 0.6) is 11.6 Å². The third-order valence-electron chi connectivity index (χ3n) is 1.78. The second-order valence-corrected chi connectivity index (χ2v) is 2.92. The number of nitrogen functional groups attached to an aromatic ring is 1. The number of ether oxygens (including phenoxy) is 1. The van der Waals surface area contributed by atoms with Crippen LogP contribution in [0, 0.1) is 5.82 Å². The van der Waals surface area contributed by atoms with Crippen molar-refractivity contribution in [2.45, 2.75) is 0 Å². The number of anilines is 1. The van der Waals surface area contributed by atoms with Gasteiger partial charge < -0.3 is 4.74 Å². The molecule has 6 heteroatoms. The number of hydrogen-bond acceptors (Lipinski definition) is 5. The molecule has 5 nitrogen and oxygen atoms in total. The van der Waals surface area contributed by atoms with Gasteiger partial charge in [-0.3, -0.25) is 5.43 Å². The molecule has 82 valence electrons. The van der Waals surface area contributed by atoms with Crippen molar-refractivity contribution in [3.63, 3.8) is 0 Å². The third-order valence-corrected chi connectivity index (χ3v) is 1.78. The molecule has 0 aliphatic carbocycles. The number of halogens is 1. The van der Waals surface area contributed by atoms with E-state index in [4.69, 9.17) is 10.6 Å². The predicted octanol–water partition coefficient (Wildman–Crippen LogP) is 1.69. The van der Waals surface area contributed by atoms with Crippen LogP contribution in [0.4, 0.5) is 10.3 Å². The highest BCUT2D eigenvalue weighted by molar-refractivity contribution is 5.30. The Morgan fingerprint density at radius 2 is 2.19 bits per heavy atom. The van der Waals surface area contributed by atoms with Crippen LogP contribution in [0.1, 0.15) is 0 Å². The fourth-order valence-electron chi connectivity index (χ4n) is 1.12. The summed E-state index contributed by atoms with van der Waals surface area (Å²) in [5, 5.41) is 0. The molecular formula is C10H9FN4O. The second-order valence-electron chi connectivity index (χ2n) is 2.92. The summed E-state index contributed by atoms with van der Waals surface area (Å²) in [4.78, 5) is 7.74. The first-order chi connectivity index (χ1) is 7.78. The van der Waals surface area contributed by atoms with Crippen molar-refractivity contribution in [1.29, 1.82) is 0 Å². The lowest BCUT2D eigenvalue weighted by atomic mass is 10.3. The van der Waals surface area contributed by atoms with Crippen molar-refractivity contribution < 1.29 is 9.13 Å². The summed E-state index contributed by atoms with van der Waals surface area (Å²) in [5.41, 5.74) is 2.29. The maximum absolute atomic E-state index is 12.9. The highest BCUT2D eigenvalue weighted by Gasteiger charge is 2.01. The molecule has 2 rings (SSSR count). The van der Waals surface area contributed by atoms with E-state index in [-0.39, 0.29) is 17.6 Å². The minimum atomic E-state index is -0.372. The van der Waals surface area contributed by atoms with Crippen molar-refractivity contribution in [2.75, 3.05) is 5.43 Å². The number of hydrazine groups is 1. The number of nitrogens with two attached hydrogens (primary N) is 1. The Kier molecular flexibility index (Phi) is 2.93. The fourth-order valence-corrected chi connectivity index (χ4v) is 1.12. The Morgan fingerprint density at radius 3 is 2.94 bits per heavy atom. The summed E-state index contributed by atoms with van der Waals surface area (Å²) in [6.07, 6.45) is 1.48. The second kappa shape index (κ2) is 4.54. The minimum Gasteiger partial charge on any atom is -0.439 e. The van der Waals surface area contributed by atoms with E-state index in [0.717, 1.165) is 0 Å². The summed E-state index contributed by atoms with van der Waals surface area (Å²) < 4.78 is 18.2. The minimum absolute atomic E-state index is 0.230. The van der Waals surface area contributed by atoms with Gasteiger partial charge in [-0.05, 0) is 12.1 Å². The van der Waals surface area contributed by atoms with Gasteiger partial charge in [0.15, 0.2) is 0 Å². The van der Waals surface area contributed by atoms with Gasteiger partial charge in [0.05, 0.1) is 0 Å². The van der Waals surface area contributed by atoms with Crippen molar-refractivity contribution in [3.05, 3.63) is 42.3 Å². The first-order valence-electron chi connectivity index (χ1n) is 4.51. The van der Waals surface area contributed by atoms with Crippen LogP contribution in [-0.4, -0.2) is 9.97 Å². The van der Waals surface area contributed by atoms with Gasteiger partial charge >= 0.3 is 0 Å². The summed E-state index contributed by atoms with van der Waals surface area (Å²) >= 11 is 0. The molecule has 1 heterocycles. The Morgan fingerprint density at radius 1 is 1.31 bits per heavy atom. The topological polar surface area (TPSA) is 73.1 Å². The predicted molar refractivity (Wildman–Crippen MR) is 56.3 cm³/mol. The molecule has 0 atom stereocenters. The zero-order valence-corrected chi connectivity index (χ0v) is 8.22. The Balaban J connectivity index is 2.20. The number of benzene rings is 1. The monoisotopic (exact) mass is 220 g/mol. The van der Waals surface area contributed by atoms with Gasteiger partial charge in [0.2, 0.25) is 11.8 Å². The number of rotatable bonds is 3. The molecule has 1 aromatic carbocycles. The quantitative estimate of drug-likeness (QED) is 0.608. The first kappa shape index (κ1) is 10.3. The van der Waals surface area contributed by atoms with Crippen LogP contribution < -0.4 is 16.0 Å². The third kappa shape index (κ3) is 2.43. The molecule has 0 amide bonds. The van der Waals surface area contributed by atoms with Gasteiger partial charge in [0.1, 0.15) is 11.6 Å². The van der Waals surface area contributed by atoms with E-state index in [0.29, 0.717) is 5.75 Å². The summed E-state index contributed by atoms with van der Waals surface area (Å²) in [5.74, 6) is 5.65. The maximum Gasteiger partial charge on any atom is 0.240 e. The number of nitrogens with one attached hydrogen (secondary N) is 1. The van der Waals surface area contributed by atoms with Crippen LogP contribution in [0.15, 0.2) is 36.5 Å². The van der Waals surface area contributed by atoms with Gasteiger partial charge in [-0.25, -0.2) is 15.2 Å². The summed E-state index contributed by atoms with van der Waals surface area (Å²) in [7, 11) is 0. The Bertz CT molecular complexity index is 492. The molecule has 0 spiro atoms. The lowest BCUT2D eigenvalue weighted by Crippen LogP contribution is -2.10. The average Bonchev–Trinajstić information content (AvgIpc) is 2.29. The average molecular weight is 220 g/mol. The number of nitrogens with zero attached hydrogens (tertiary/aromatic N) is 2. The fraction of sp³-hybridized carbons (Fsp3) is 0. The van der Waals surface area contributed by atoms with E-state index >= 15 is 0 Å². The van der Waals surface area contributed by atoms with Crippen molar-refractivity contribution in [3.8, 4) is 11.6 Å². The Hall–Kier alpha value is -2.21. The molecule has 0 aliphatic heterocycles. The van der Waals surface area contributed by atoms with Gasteiger partial charge in [-0.2, -0.15) is 4.98 Å². The lowest BCUT2D eigenvalue weighted by Gasteiger charge is -2.05. The molecule has 3 N–H and O–H groups in total. The highest BCUT2D eigenvalue weighted by Crippen LogP contribution is 2.19. The molecule has 1 aromatic heterocycles. The van der Waals surface area contributed by atoms with Crippen LogP contribution in [0.25, 0.3) is 0 Å². The molecule has 0 saturated carbocycles. The molecule has 0 unspecified atom stereocenters. The zero-order chi connectivity index (χ0) is 11.4. The van der Waals surface area contributed by atoms with Gasteiger partial charge in [-0.15, -0.1) is 0 Å². The van der Waals surface area contributed by atoms with Crippen LogP contribution in [0.2, 0.25) is 0 Å². The SMILES string of the molecule is NNc1nccc(Oc2cccc(F)c2)n1.